The van der Waals surface area contributed by atoms with Crippen LogP contribution in [0.15, 0.2) is 16.9 Å². The van der Waals surface area contributed by atoms with E-state index in [1.807, 2.05) is 6.92 Å². The number of nitrogens with one attached hydrogen (secondary N) is 1. The molecule has 0 atom stereocenters. The van der Waals surface area contributed by atoms with Gasteiger partial charge in [-0.2, -0.15) is 5.10 Å². The monoisotopic (exact) mass is 292 g/mol. The van der Waals surface area contributed by atoms with Crippen LogP contribution in [0.1, 0.15) is 36.7 Å². The summed E-state index contributed by atoms with van der Waals surface area (Å²) in [6, 6.07) is 2.78. The minimum atomic E-state index is -0.308. The highest BCUT2D eigenvalue weighted by Gasteiger charge is 2.22. The topological polar surface area (TPSA) is 84.3 Å². The molecule has 0 spiro atoms. The van der Waals surface area contributed by atoms with Crippen LogP contribution in [0.3, 0.4) is 0 Å². The fraction of sp³-hybridized carbons (Fsp3) is 0.571. The van der Waals surface area contributed by atoms with Crippen molar-refractivity contribution in [3.63, 3.8) is 0 Å². The van der Waals surface area contributed by atoms with Crippen molar-refractivity contribution >= 4 is 11.8 Å². The average Bonchev–Trinajstić information content (AvgIpc) is 2.70. The second kappa shape index (κ2) is 7.01. The van der Waals surface area contributed by atoms with Crippen molar-refractivity contribution in [1.82, 2.24) is 20.0 Å². The van der Waals surface area contributed by atoms with Gasteiger partial charge in [-0.3, -0.25) is 14.4 Å². The van der Waals surface area contributed by atoms with Gasteiger partial charge < -0.3 is 10.2 Å². The van der Waals surface area contributed by atoms with Crippen molar-refractivity contribution in [2.24, 2.45) is 0 Å². The summed E-state index contributed by atoms with van der Waals surface area (Å²) >= 11 is 0. The summed E-state index contributed by atoms with van der Waals surface area (Å²) in [6.07, 6.45) is 2.49. The van der Waals surface area contributed by atoms with E-state index < -0.39 is 0 Å². The standard InChI is InChI=1S/C14H20N4O3/c1-2-3-9-18-13(20)6-5-11(16-18)14(21)17-8-4-7-15-12(19)10-17/h5-6H,2-4,7-10H2,1H3,(H,15,19). The number of carbonyl (C=O) groups is 2. The fourth-order valence-electron chi connectivity index (χ4n) is 2.17. The van der Waals surface area contributed by atoms with Gasteiger partial charge in [-0.05, 0) is 18.9 Å². The molecule has 2 amide bonds. The molecule has 2 rings (SSSR count). The van der Waals surface area contributed by atoms with E-state index >= 15 is 0 Å². The lowest BCUT2D eigenvalue weighted by Crippen LogP contribution is -2.38. The third-order valence-corrected chi connectivity index (χ3v) is 3.36. The lowest BCUT2D eigenvalue weighted by molar-refractivity contribution is -0.121. The van der Waals surface area contributed by atoms with Crippen LogP contribution in [0.4, 0.5) is 0 Å². The number of aryl methyl sites for hydroxylation is 1. The van der Waals surface area contributed by atoms with Crippen LogP contribution >= 0.6 is 0 Å². The van der Waals surface area contributed by atoms with Crippen molar-refractivity contribution in [3.05, 3.63) is 28.2 Å². The number of unbranched alkanes of at least 4 members (excludes halogenated alkanes) is 1. The minimum Gasteiger partial charge on any atom is -0.354 e. The minimum absolute atomic E-state index is 0.0363. The van der Waals surface area contributed by atoms with Crippen LogP contribution in [0.25, 0.3) is 0 Å². The molecule has 7 heteroatoms. The van der Waals surface area contributed by atoms with Crippen LogP contribution in [0.2, 0.25) is 0 Å². The molecule has 1 N–H and O–H groups in total. The summed E-state index contributed by atoms with van der Waals surface area (Å²) in [5.41, 5.74) is -0.00554. The Balaban J connectivity index is 2.18. The van der Waals surface area contributed by atoms with Crippen LogP contribution in [0.5, 0.6) is 0 Å². The van der Waals surface area contributed by atoms with E-state index in [9.17, 15) is 14.4 Å². The molecule has 0 aromatic carbocycles. The maximum atomic E-state index is 12.4. The molecule has 0 unspecified atom stereocenters. The zero-order chi connectivity index (χ0) is 15.2. The molecule has 1 fully saturated rings. The summed E-state index contributed by atoms with van der Waals surface area (Å²) < 4.78 is 1.31. The van der Waals surface area contributed by atoms with Crippen LogP contribution in [0, 0.1) is 0 Å². The highest BCUT2D eigenvalue weighted by atomic mass is 16.2. The van der Waals surface area contributed by atoms with Crippen molar-refractivity contribution in [1.29, 1.82) is 0 Å². The molecule has 114 valence electrons. The van der Waals surface area contributed by atoms with Gasteiger partial charge in [0.05, 0.1) is 6.54 Å². The lowest BCUT2D eigenvalue weighted by Gasteiger charge is -2.18. The maximum Gasteiger partial charge on any atom is 0.274 e. The number of hydrogen-bond acceptors (Lipinski definition) is 4. The number of rotatable bonds is 4. The van der Waals surface area contributed by atoms with Crippen LogP contribution < -0.4 is 10.9 Å². The molecule has 1 aromatic rings. The number of carbonyl (C=O) groups excluding carboxylic acids is 2. The summed E-state index contributed by atoms with van der Waals surface area (Å²) in [4.78, 5) is 37.1. The predicted molar refractivity (Wildman–Crippen MR) is 76.9 cm³/mol. The molecule has 7 nitrogen and oxygen atoms in total. The van der Waals surface area contributed by atoms with Crippen molar-refractivity contribution in [3.8, 4) is 0 Å². The van der Waals surface area contributed by atoms with Crippen molar-refractivity contribution < 1.29 is 9.59 Å². The SMILES string of the molecule is CCCCn1nc(C(=O)N2CCCNC(=O)C2)ccc1=O. The number of nitrogens with zero attached hydrogens (tertiary/aromatic N) is 3. The van der Waals surface area contributed by atoms with E-state index in [2.05, 4.69) is 10.4 Å². The van der Waals surface area contributed by atoms with Gasteiger partial charge in [0, 0.05) is 25.7 Å². The number of amides is 2. The summed E-state index contributed by atoms with van der Waals surface area (Å²) in [5.74, 6) is -0.475. The van der Waals surface area contributed by atoms with Gasteiger partial charge >= 0.3 is 0 Å². The van der Waals surface area contributed by atoms with Crippen molar-refractivity contribution in [2.75, 3.05) is 19.6 Å². The van der Waals surface area contributed by atoms with Gasteiger partial charge in [0.2, 0.25) is 5.91 Å². The van der Waals surface area contributed by atoms with E-state index in [1.54, 1.807) is 0 Å². The largest absolute Gasteiger partial charge is 0.354 e. The van der Waals surface area contributed by atoms with Gasteiger partial charge in [0.1, 0.15) is 5.69 Å². The van der Waals surface area contributed by atoms with E-state index in [0.717, 1.165) is 12.8 Å². The maximum absolute atomic E-state index is 12.4. The molecule has 0 saturated carbocycles. The normalized spacial score (nSPS) is 15.5. The first-order valence-electron chi connectivity index (χ1n) is 7.26. The molecular formula is C14H20N4O3. The fourth-order valence-corrected chi connectivity index (χ4v) is 2.17. The summed E-state index contributed by atoms with van der Waals surface area (Å²) in [6.45, 7) is 3.64. The Bertz CT molecular complexity index is 582. The van der Waals surface area contributed by atoms with E-state index in [-0.39, 0.29) is 29.6 Å². The average molecular weight is 292 g/mol. The van der Waals surface area contributed by atoms with Gasteiger partial charge in [0.15, 0.2) is 0 Å². The predicted octanol–water partition coefficient (Wildman–Crippen LogP) is 0.00550. The van der Waals surface area contributed by atoms with Gasteiger partial charge in [-0.15, -0.1) is 0 Å². The number of aromatic nitrogens is 2. The molecule has 21 heavy (non-hydrogen) atoms. The molecule has 0 radical (unpaired) electrons. The van der Waals surface area contributed by atoms with Crippen molar-refractivity contribution in [2.45, 2.75) is 32.7 Å². The zero-order valence-electron chi connectivity index (χ0n) is 12.2. The molecule has 0 bridgehead atoms. The third kappa shape index (κ3) is 3.90. The first-order valence-corrected chi connectivity index (χ1v) is 7.26. The molecule has 1 aromatic heterocycles. The molecular weight excluding hydrogens is 272 g/mol. The molecule has 0 aliphatic carbocycles. The Morgan fingerprint density at radius 3 is 2.95 bits per heavy atom. The summed E-state index contributed by atoms with van der Waals surface area (Å²) in [7, 11) is 0. The second-order valence-corrected chi connectivity index (χ2v) is 5.06. The zero-order valence-corrected chi connectivity index (χ0v) is 12.2. The van der Waals surface area contributed by atoms with E-state index in [0.29, 0.717) is 26.1 Å². The second-order valence-electron chi connectivity index (χ2n) is 5.06. The quantitative estimate of drug-likeness (QED) is 0.847. The Labute approximate surface area is 122 Å². The van der Waals surface area contributed by atoms with Gasteiger partial charge in [-0.1, -0.05) is 13.3 Å². The highest BCUT2D eigenvalue weighted by Crippen LogP contribution is 2.04. The summed E-state index contributed by atoms with van der Waals surface area (Å²) in [5, 5.41) is 6.84. The Morgan fingerprint density at radius 1 is 1.38 bits per heavy atom. The Kier molecular flexibility index (Phi) is 5.08. The molecule has 1 aliphatic heterocycles. The molecule has 1 saturated heterocycles. The molecule has 1 aliphatic rings. The first-order chi connectivity index (χ1) is 10.1. The third-order valence-electron chi connectivity index (χ3n) is 3.36. The highest BCUT2D eigenvalue weighted by molar-refractivity contribution is 5.94. The van der Waals surface area contributed by atoms with Crippen LogP contribution in [-0.2, 0) is 11.3 Å². The lowest BCUT2D eigenvalue weighted by atomic mass is 10.3. The van der Waals surface area contributed by atoms with E-state index in [4.69, 9.17) is 0 Å². The smallest absolute Gasteiger partial charge is 0.274 e. The molecule has 2 heterocycles. The van der Waals surface area contributed by atoms with Crippen LogP contribution in [-0.4, -0.2) is 46.1 Å². The Hall–Kier alpha value is -2.18. The van der Waals surface area contributed by atoms with Gasteiger partial charge in [-0.25, -0.2) is 4.68 Å². The first kappa shape index (κ1) is 15.2. The van der Waals surface area contributed by atoms with Gasteiger partial charge in [0.25, 0.3) is 11.5 Å². The Morgan fingerprint density at radius 2 is 2.19 bits per heavy atom. The number of hydrogen-bond donors (Lipinski definition) is 1. The van der Waals surface area contributed by atoms with E-state index in [1.165, 1.54) is 21.7 Å².